The molecule has 0 radical (unpaired) electrons. The van der Waals surface area contributed by atoms with Crippen LogP contribution in [0.25, 0.3) is 16.6 Å². The molecule has 0 unspecified atom stereocenters. The summed E-state index contributed by atoms with van der Waals surface area (Å²) in [6, 6.07) is 6.42. The van der Waals surface area contributed by atoms with Crippen molar-refractivity contribution in [2.75, 3.05) is 26.2 Å². The van der Waals surface area contributed by atoms with Crippen molar-refractivity contribution in [3.8, 4) is 0 Å². The van der Waals surface area contributed by atoms with Crippen LogP contribution >= 0.6 is 11.6 Å². The molecule has 0 bridgehead atoms. The van der Waals surface area contributed by atoms with Gasteiger partial charge in [-0.3, -0.25) is 4.98 Å². The molecule has 1 fully saturated rings. The van der Waals surface area contributed by atoms with E-state index in [1.54, 1.807) is 0 Å². The first-order valence-electron chi connectivity index (χ1n) is 10.7. The van der Waals surface area contributed by atoms with E-state index in [1.807, 2.05) is 6.08 Å². The highest BCUT2D eigenvalue weighted by Crippen LogP contribution is 2.34. The van der Waals surface area contributed by atoms with Crippen LogP contribution in [0.1, 0.15) is 42.5 Å². The predicted octanol–water partition coefficient (Wildman–Crippen LogP) is 5.84. The van der Waals surface area contributed by atoms with E-state index in [0.717, 1.165) is 79.0 Å². The van der Waals surface area contributed by atoms with Crippen molar-refractivity contribution in [2.24, 2.45) is 0 Å². The molecule has 2 aliphatic rings. The fraction of sp³-hybridized carbons (Fsp3) is 0.400. The second kappa shape index (κ2) is 8.62. The number of hydrogen-bond acceptors (Lipinski definition) is 3. The topological polar surface area (TPSA) is 19.4 Å². The van der Waals surface area contributed by atoms with Gasteiger partial charge in [0.2, 0.25) is 0 Å². The number of fused-ring (bicyclic) bond motifs is 2. The van der Waals surface area contributed by atoms with Crippen LogP contribution in [-0.4, -0.2) is 41.0 Å². The molecule has 0 atom stereocenters. The Morgan fingerprint density at radius 1 is 1.07 bits per heavy atom. The number of piperazine rings is 1. The maximum Gasteiger partial charge on any atom is 0.0727 e. The lowest BCUT2D eigenvalue weighted by molar-refractivity contribution is 0.210. The van der Waals surface area contributed by atoms with E-state index >= 15 is 0 Å². The summed E-state index contributed by atoms with van der Waals surface area (Å²) in [5.41, 5.74) is 6.85. The highest BCUT2D eigenvalue weighted by molar-refractivity contribution is 6.36. The molecule has 0 spiro atoms. The average molecular weight is 408 g/mol. The Morgan fingerprint density at radius 2 is 1.79 bits per heavy atom. The minimum absolute atomic E-state index is 0.897. The third kappa shape index (κ3) is 4.06. The number of aromatic nitrogens is 1. The van der Waals surface area contributed by atoms with Crippen LogP contribution in [0.15, 0.2) is 49.7 Å². The first-order valence-corrected chi connectivity index (χ1v) is 11.0. The zero-order chi connectivity index (χ0) is 20.4. The molecule has 1 aromatic carbocycles. The molecule has 1 saturated heterocycles. The highest BCUT2D eigenvalue weighted by Gasteiger charge is 2.21. The van der Waals surface area contributed by atoms with Gasteiger partial charge in [-0.2, -0.15) is 0 Å². The van der Waals surface area contributed by atoms with Crippen LogP contribution in [-0.2, 0) is 12.8 Å². The van der Waals surface area contributed by atoms with Crippen LogP contribution in [0.5, 0.6) is 0 Å². The molecule has 0 saturated carbocycles. The van der Waals surface area contributed by atoms with E-state index in [2.05, 4.69) is 47.7 Å². The summed E-state index contributed by atoms with van der Waals surface area (Å²) in [5, 5.41) is 1.96. The summed E-state index contributed by atoms with van der Waals surface area (Å²) in [5.74, 6) is 0. The Labute approximate surface area is 179 Å². The monoisotopic (exact) mass is 407 g/mol. The van der Waals surface area contributed by atoms with Crippen LogP contribution in [0.4, 0.5) is 0 Å². The van der Waals surface area contributed by atoms with Crippen LogP contribution in [0, 0.1) is 0 Å². The Hall–Kier alpha value is -2.26. The lowest BCUT2D eigenvalue weighted by Crippen LogP contribution is -2.44. The molecule has 1 aliphatic heterocycles. The molecule has 2 heterocycles. The number of halogens is 1. The molecule has 2 aromatic rings. The van der Waals surface area contributed by atoms with E-state index < -0.39 is 0 Å². The lowest BCUT2D eigenvalue weighted by Gasteiger charge is -2.39. The quantitative estimate of drug-likeness (QED) is 0.561. The molecule has 152 valence electrons. The minimum Gasteiger partial charge on any atom is -0.372 e. The van der Waals surface area contributed by atoms with Gasteiger partial charge >= 0.3 is 0 Å². The zero-order valence-electron chi connectivity index (χ0n) is 17.2. The maximum atomic E-state index is 6.73. The largest absolute Gasteiger partial charge is 0.372 e. The van der Waals surface area contributed by atoms with Gasteiger partial charge in [0.05, 0.1) is 10.5 Å². The van der Waals surface area contributed by atoms with E-state index in [9.17, 15) is 0 Å². The number of nitrogens with zero attached hydrogens (tertiary/aromatic N) is 3. The molecule has 1 aromatic heterocycles. The fourth-order valence-electron chi connectivity index (χ4n) is 4.45. The van der Waals surface area contributed by atoms with Crippen molar-refractivity contribution in [1.82, 2.24) is 14.8 Å². The number of hydrogen-bond donors (Lipinski definition) is 0. The number of allylic oxidation sites excluding steroid dienone is 2. The van der Waals surface area contributed by atoms with Crippen molar-refractivity contribution in [2.45, 2.75) is 38.5 Å². The van der Waals surface area contributed by atoms with Crippen molar-refractivity contribution >= 4 is 28.2 Å². The second-order valence-electron chi connectivity index (χ2n) is 8.10. The minimum atomic E-state index is 0.897. The number of rotatable bonds is 6. The van der Waals surface area contributed by atoms with Crippen LogP contribution in [0.3, 0.4) is 0 Å². The van der Waals surface area contributed by atoms with Gasteiger partial charge in [0, 0.05) is 48.7 Å². The summed E-state index contributed by atoms with van der Waals surface area (Å²) in [4.78, 5) is 9.72. The molecule has 1 aliphatic carbocycles. The van der Waals surface area contributed by atoms with Crippen molar-refractivity contribution in [1.29, 1.82) is 0 Å². The van der Waals surface area contributed by atoms with Crippen LogP contribution < -0.4 is 0 Å². The average Bonchev–Trinajstić information content (AvgIpc) is 2.77. The summed E-state index contributed by atoms with van der Waals surface area (Å²) in [6.45, 7) is 16.3. The molecule has 0 amide bonds. The third-order valence-electron chi connectivity index (χ3n) is 6.27. The SMILES string of the molecule is C=CCCC(=C)N1CCN(C(=C)c2ccc3c(Cl)c4c(nc3c2)CCCC4)CC1. The van der Waals surface area contributed by atoms with Gasteiger partial charge in [0.15, 0.2) is 0 Å². The standard InChI is InChI=1S/C25H30ClN3/c1-4-5-8-18(2)28-13-15-29(16-14-28)19(3)20-11-12-22-24(17-20)27-23-10-7-6-9-21(23)25(22)26/h4,11-12,17H,1-3,5-10,13-16H2. The molecular formula is C25H30ClN3. The molecular weight excluding hydrogens is 378 g/mol. The predicted molar refractivity (Wildman–Crippen MR) is 124 cm³/mol. The van der Waals surface area contributed by atoms with Crippen molar-refractivity contribution in [3.05, 3.63) is 71.6 Å². The Bertz CT molecular complexity index is 954. The fourth-order valence-corrected chi connectivity index (χ4v) is 4.81. The summed E-state index contributed by atoms with van der Waals surface area (Å²) < 4.78 is 0. The van der Waals surface area contributed by atoms with E-state index in [-0.39, 0.29) is 0 Å². The van der Waals surface area contributed by atoms with Gasteiger partial charge < -0.3 is 9.80 Å². The molecule has 4 heteroatoms. The van der Waals surface area contributed by atoms with E-state index in [1.165, 1.54) is 29.8 Å². The van der Waals surface area contributed by atoms with Gasteiger partial charge in [-0.05, 0) is 55.7 Å². The summed E-state index contributed by atoms with van der Waals surface area (Å²) in [7, 11) is 0. The van der Waals surface area contributed by atoms with E-state index in [4.69, 9.17) is 16.6 Å². The summed E-state index contributed by atoms with van der Waals surface area (Å²) in [6.07, 6.45) is 8.44. The zero-order valence-corrected chi connectivity index (χ0v) is 18.0. The van der Waals surface area contributed by atoms with E-state index in [0.29, 0.717) is 0 Å². The smallest absolute Gasteiger partial charge is 0.0727 e. The first kappa shape index (κ1) is 20.0. The molecule has 0 N–H and O–H groups in total. The Kier molecular flexibility index (Phi) is 5.96. The molecule has 4 rings (SSSR count). The van der Waals surface area contributed by atoms with Gasteiger partial charge in [-0.25, -0.2) is 0 Å². The number of aryl methyl sites for hydroxylation is 1. The first-order chi connectivity index (χ1) is 14.1. The number of benzene rings is 1. The molecule has 3 nitrogen and oxygen atoms in total. The van der Waals surface area contributed by atoms with Gasteiger partial charge in [0.1, 0.15) is 0 Å². The lowest BCUT2D eigenvalue weighted by atomic mass is 9.94. The third-order valence-corrected chi connectivity index (χ3v) is 6.70. The van der Waals surface area contributed by atoms with Crippen LogP contribution in [0.2, 0.25) is 5.02 Å². The van der Waals surface area contributed by atoms with Gasteiger partial charge in [-0.15, -0.1) is 6.58 Å². The Morgan fingerprint density at radius 3 is 2.55 bits per heavy atom. The molecule has 29 heavy (non-hydrogen) atoms. The normalized spacial score (nSPS) is 16.6. The number of pyridine rings is 1. The van der Waals surface area contributed by atoms with Crippen molar-refractivity contribution in [3.63, 3.8) is 0 Å². The summed E-state index contributed by atoms with van der Waals surface area (Å²) >= 11 is 6.73. The van der Waals surface area contributed by atoms with Gasteiger partial charge in [-0.1, -0.05) is 43.0 Å². The second-order valence-corrected chi connectivity index (χ2v) is 8.48. The Balaban J connectivity index is 1.49. The maximum absolute atomic E-state index is 6.73. The highest BCUT2D eigenvalue weighted by atomic mass is 35.5. The van der Waals surface area contributed by atoms with Gasteiger partial charge in [0.25, 0.3) is 0 Å². The van der Waals surface area contributed by atoms with Crippen molar-refractivity contribution < 1.29 is 0 Å².